The maximum Gasteiger partial charge on any atom is 0.409 e. The number of ether oxygens (including phenoxy) is 1. The highest BCUT2D eigenvalue weighted by Gasteiger charge is 2.21. The van der Waals surface area contributed by atoms with Crippen molar-refractivity contribution in [1.29, 1.82) is 0 Å². The Kier molecular flexibility index (Phi) is 3.31. The Morgan fingerprint density at radius 3 is 3.05 bits per heavy atom. The summed E-state index contributed by atoms with van der Waals surface area (Å²) in [6.07, 6.45) is 2.02. The van der Waals surface area contributed by atoms with E-state index in [2.05, 4.69) is 10.4 Å². The number of nitrogens with one attached hydrogen (secondary N) is 1. The second-order valence-corrected chi connectivity index (χ2v) is 4.98. The van der Waals surface area contributed by atoms with Crippen molar-refractivity contribution in [2.75, 3.05) is 11.9 Å². The van der Waals surface area contributed by atoms with Gasteiger partial charge in [-0.25, -0.2) is 9.48 Å². The number of fused-ring (bicyclic) bond motifs is 1. The molecule has 2 heterocycles. The van der Waals surface area contributed by atoms with Gasteiger partial charge in [-0.3, -0.25) is 5.32 Å². The zero-order chi connectivity index (χ0) is 14.1. The quantitative estimate of drug-likeness (QED) is 0.882. The van der Waals surface area contributed by atoms with E-state index in [1.807, 2.05) is 23.7 Å². The van der Waals surface area contributed by atoms with E-state index < -0.39 is 6.09 Å². The van der Waals surface area contributed by atoms with Gasteiger partial charge in [-0.2, -0.15) is 5.10 Å². The highest BCUT2D eigenvalue weighted by molar-refractivity contribution is 5.99. The van der Waals surface area contributed by atoms with E-state index in [0.717, 1.165) is 42.5 Å². The van der Waals surface area contributed by atoms with Crippen LogP contribution in [0.25, 0.3) is 10.9 Å². The Hall–Kier alpha value is -2.08. The van der Waals surface area contributed by atoms with E-state index in [0.29, 0.717) is 5.69 Å². The molecule has 20 heavy (non-hydrogen) atoms. The van der Waals surface area contributed by atoms with Gasteiger partial charge in [0.1, 0.15) is 0 Å². The third-order valence-electron chi connectivity index (χ3n) is 3.58. The van der Waals surface area contributed by atoms with Gasteiger partial charge in [0.25, 0.3) is 0 Å². The summed E-state index contributed by atoms with van der Waals surface area (Å²) in [4.78, 5) is 10.9. The average Bonchev–Trinajstić information content (AvgIpc) is 2.78. The van der Waals surface area contributed by atoms with Gasteiger partial charge in [0.15, 0.2) is 6.23 Å². The van der Waals surface area contributed by atoms with Crippen LogP contribution in [0.15, 0.2) is 18.2 Å². The molecule has 1 aliphatic rings. The molecule has 2 N–H and O–H groups in total. The summed E-state index contributed by atoms with van der Waals surface area (Å²) in [5.41, 5.74) is 2.27. The normalized spacial score (nSPS) is 19.1. The topological polar surface area (TPSA) is 76.4 Å². The van der Waals surface area contributed by atoms with Crippen LogP contribution in [-0.2, 0) is 4.74 Å². The van der Waals surface area contributed by atoms with Gasteiger partial charge < -0.3 is 9.84 Å². The number of nitrogens with zero attached hydrogens (tertiary/aromatic N) is 2. The molecule has 1 saturated heterocycles. The van der Waals surface area contributed by atoms with E-state index in [9.17, 15) is 4.79 Å². The number of amides is 1. The lowest BCUT2D eigenvalue weighted by Crippen LogP contribution is -2.19. The number of carboxylic acid groups (broad SMARTS) is 1. The lowest BCUT2D eigenvalue weighted by molar-refractivity contribution is -0.0368. The van der Waals surface area contributed by atoms with Crippen molar-refractivity contribution in [1.82, 2.24) is 9.78 Å². The van der Waals surface area contributed by atoms with Crippen LogP contribution < -0.4 is 5.32 Å². The van der Waals surface area contributed by atoms with Crippen LogP contribution in [-0.4, -0.2) is 27.6 Å². The fourth-order valence-corrected chi connectivity index (χ4v) is 2.73. The Morgan fingerprint density at radius 1 is 1.50 bits per heavy atom. The largest absolute Gasteiger partial charge is 0.465 e. The second kappa shape index (κ2) is 5.13. The fraction of sp³-hybridized carbons (Fsp3) is 0.429. The molecule has 1 amide bonds. The van der Waals surface area contributed by atoms with E-state index in [-0.39, 0.29) is 6.23 Å². The lowest BCUT2D eigenvalue weighted by Gasteiger charge is -2.23. The van der Waals surface area contributed by atoms with Crippen molar-refractivity contribution in [3.05, 3.63) is 23.9 Å². The molecular weight excluding hydrogens is 258 g/mol. The molecule has 106 valence electrons. The molecule has 6 nitrogen and oxygen atoms in total. The van der Waals surface area contributed by atoms with Gasteiger partial charge in [-0.15, -0.1) is 0 Å². The third kappa shape index (κ3) is 2.22. The van der Waals surface area contributed by atoms with Crippen molar-refractivity contribution in [2.45, 2.75) is 32.4 Å². The first-order valence-electron chi connectivity index (χ1n) is 6.76. The highest BCUT2D eigenvalue weighted by atomic mass is 16.5. The molecule has 0 spiro atoms. The zero-order valence-electron chi connectivity index (χ0n) is 11.3. The van der Waals surface area contributed by atoms with Crippen LogP contribution >= 0.6 is 0 Å². The first-order chi connectivity index (χ1) is 9.66. The number of carbonyl (C=O) groups is 1. The number of aryl methyl sites for hydroxylation is 1. The van der Waals surface area contributed by atoms with E-state index in [1.54, 1.807) is 6.07 Å². The fourth-order valence-electron chi connectivity index (χ4n) is 2.73. The Morgan fingerprint density at radius 2 is 2.35 bits per heavy atom. The Labute approximate surface area is 116 Å². The van der Waals surface area contributed by atoms with Gasteiger partial charge in [-0.1, -0.05) is 6.07 Å². The summed E-state index contributed by atoms with van der Waals surface area (Å²) in [7, 11) is 0. The molecule has 0 saturated carbocycles. The second-order valence-electron chi connectivity index (χ2n) is 4.98. The maximum absolute atomic E-state index is 10.9. The van der Waals surface area contributed by atoms with E-state index >= 15 is 0 Å². The molecule has 2 aromatic rings. The maximum atomic E-state index is 10.9. The predicted molar refractivity (Wildman–Crippen MR) is 75.0 cm³/mol. The Balaban J connectivity index is 2.08. The van der Waals surface area contributed by atoms with E-state index in [1.165, 1.54) is 0 Å². The van der Waals surface area contributed by atoms with Gasteiger partial charge in [0, 0.05) is 12.0 Å². The van der Waals surface area contributed by atoms with Crippen LogP contribution in [0.3, 0.4) is 0 Å². The van der Waals surface area contributed by atoms with Crippen molar-refractivity contribution in [3.63, 3.8) is 0 Å². The lowest BCUT2D eigenvalue weighted by atomic mass is 10.1. The molecule has 1 fully saturated rings. The number of rotatable bonds is 2. The monoisotopic (exact) mass is 275 g/mol. The standard InChI is InChI=1S/C14H17N3O3/c1-9-13-10(15-14(18)19)5-4-6-11(13)17(16-9)12-7-2-3-8-20-12/h4-6,12,15H,2-3,7-8H2,1H3,(H,18,19). The SMILES string of the molecule is Cc1nn(C2CCCCO2)c2cccc(NC(=O)O)c12. The molecule has 1 aromatic carbocycles. The number of anilines is 1. The molecule has 1 unspecified atom stereocenters. The molecule has 0 radical (unpaired) electrons. The van der Waals surface area contributed by atoms with Crippen LogP contribution in [0, 0.1) is 6.92 Å². The highest BCUT2D eigenvalue weighted by Crippen LogP contribution is 2.31. The van der Waals surface area contributed by atoms with Gasteiger partial charge in [0.2, 0.25) is 0 Å². The van der Waals surface area contributed by atoms with Crippen LogP contribution in [0.2, 0.25) is 0 Å². The minimum atomic E-state index is -1.07. The van der Waals surface area contributed by atoms with Crippen LogP contribution in [0.5, 0.6) is 0 Å². The minimum Gasteiger partial charge on any atom is -0.465 e. The molecular formula is C14H17N3O3. The van der Waals surface area contributed by atoms with Gasteiger partial charge in [-0.05, 0) is 38.3 Å². The number of aromatic nitrogens is 2. The van der Waals surface area contributed by atoms with Crippen LogP contribution in [0.4, 0.5) is 10.5 Å². The summed E-state index contributed by atoms with van der Waals surface area (Å²) in [5.74, 6) is 0. The molecule has 1 atom stereocenters. The minimum absolute atomic E-state index is 0.0555. The first-order valence-corrected chi connectivity index (χ1v) is 6.76. The number of benzene rings is 1. The zero-order valence-corrected chi connectivity index (χ0v) is 11.3. The molecule has 1 aliphatic heterocycles. The molecule has 0 aliphatic carbocycles. The summed E-state index contributed by atoms with van der Waals surface area (Å²) < 4.78 is 7.64. The average molecular weight is 275 g/mol. The molecule has 1 aromatic heterocycles. The van der Waals surface area contributed by atoms with Crippen LogP contribution in [0.1, 0.15) is 31.2 Å². The van der Waals surface area contributed by atoms with Crippen molar-refractivity contribution in [3.8, 4) is 0 Å². The predicted octanol–water partition coefficient (Wildman–Crippen LogP) is 3.13. The number of hydrogen-bond donors (Lipinski definition) is 2. The van der Waals surface area contributed by atoms with Crippen molar-refractivity contribution >= 4 is 22.7 Å². The number of hydrogen-bond acceptors (Lipinski definition) is 3. The van der Waals surface area contributed by atoms with Gasteiger partial charge >= 0.3 is 6.09 Å². The smallest absolute Gasteiger partial charge is 0.409 e. The van der Waals surface area contributed by atoms with Crippen molar-refractivity contribution < 1.29 is 14.6 Å². The summed E-state index contributed by atoms with van der Waals surface area (Å²) >= 11 is 0. The molecule has 0 bridgehead atoms. The first kappa shape index (κ1) is 12.9. The molecule has 3 rings (SSSR count). The third-order valence-corrected chi connectivity index (χ3v) is 3.58. The molecule has 6 heteroatoms. The van der Waals surface area contributed by atoms with E-state index in [4.69, 9.17) is 9.84 Å². The summed E-state index contributed by atoms with van der Waals surface area (Å²) in [6, 6.07) is 5.52. The van der Waals surface area contributed by atoms with Gasteiger partial charge in [0.05, 0.1) is 16.9 Å². The Bertz CT molecular complexity index is 644. The van der Waals surface area contributed by atoms with Crippen molar-refractivity contribution in [2.24, 2.45) is 0 Å². The summed E-state index contributed by atoms with van der Waals surface area (Å²) in [5, 5.41) is 16.7. The summed E-state index contributed by atoms with van der Waals surface area (Å²) in [6.45, 7) is 2.63.